The average Bonchev–Trinajstić information content (AvgIpc) is 2.53. The van der Waals surface area contributed by atoms with E-state index in [1.54, 1.807) is 0 Å². The van der Waals surface area contributed by atoms with Gasteiger partial charge in [0.25, 0.3) is 0 Å². The van der Waals surface area contributed by atoms with Gasteiger partial charge in [0.05, 0.1) is 0 Å². The summed E-state index contributed by atoms with van der Waals surface area (Å²) < 4.78 is 2.32. The molecular formula is C9H14N2S. The van der Waals surface area contributed by atoms with Crippen molar-refractivity contribution in [3.8, 4) is 0 Å². The SMILES string of the molecule is Cc1nccn1C1CCSCC1. The van der Waals surface area contributed by atoms with Gasteiger partial charge in [0, 0.05) is 18.4 Å². The number of hydrogen-bond donors (Lipinski definition) is 0. The lowest BCUT2D eigenvalue weighted by Crippen LogP contribution is -2.15. The van der Waals surface area contributed by atoms with Gasteiger partial charge in [-0.3, -0.25) is 0 Å². The van der Waals surface area contributed by atoms with E-state index in [0.29, 0.717) is 6.04 Å². The summed E-state index contributed by atoms with van der Waals surface area (Å²) in [6.45, 7) is 2.09. The minimum atomic E-state index is 0.716. The Labute approximate surface area is 77.4 Å². The van der Waals surface area contributed by atoms with E-state index in [-0.39, 0.29) is 0 Å². The number of aromatic nitrogens is 2. The molecule has 1 aliphatic heterocycles. The summed E-state index contributed by atoms with van der Waals surface area (Å²) in [5.41, 5.74) is 0. The second-order valence-corrected chi connectivity index (χ2v) is 4.45. The summed E-state index contributed by atoms with van der Waals surface area (Å²) >= 11 is 2.07. The highest BCUT2D eigenvalue weighted by molar-refractivity contribution is 7.99. The first-order valence-electron chi connectivity index (χ1n) is 4.45. The van der Waals surface area contributed by atoms with E-state index in [4.69, 9.17) is 0 Å². The monoisotopic (exact) mass is 182 g/mol. The maximum absolute atomic E-state index is 4.25. The van der Waals surface area contributed by atoms with Crippen LogP contribution in [0.15, 0.2) is 12.4 Å². The highest BCUT2D eigenvalue weighted by atomic mass is 32.2. The zero-order chi connectivity index (χ0) is 8.39. The van der Waals surface area contributed by atoms with Gasteiger partial charge in [0.15, 0.2) is 0 Å². The van der Waals surface area contributed by atoms with E-state index in [0.717, 1.165) is 5.82 Å². The van der Waals surface area contributed by atoms with Crippen molar-refractivity contribution in [3.63, 3.8) is 0 Å². The molecule has 1 aromatic rings. The molecule has 2 heterocycles. The Balaban J connectivity index is 2.13. The van der Waals surface area contributed by atoms with Crippen molar-refractivity contribution >= 4 is 11.8 Å². The van der Waals surface area contributed by atoms with Crippen LogP contribution in [-0.2, 0) is 0 Å². The van der Waals surface area contributed by atoms with Gasteiger partial charge in [-0.15, -0.1) is 0 Å². The number of aryl methyl sites for hydroxylation is 1. The summed E-state index contributed by atoms with van der Waals surface area (Å²) in [5, 5.41) is 0. The predicted octanol–water partition coefficient (Wildman–Crippen LogP) is 2.26. The highest BCUT2D eigenvalue weighted by Crippen LogP contribution is 2.27. The summed E-state index contributed by atoms with van der Waals surface area (Å²) in [6, 6.07) is 0.716. The van der Waals surface area contributed by atoms with Crippen molar-refractivity contribution in [2.45, 2.75) is 25.8 Å². The molecule has 1 saturated heterocycles. The van der Waals surface area contributed by atoms with Gasteiger partial charge < -0.3 is 4.57 Å². The molecule has 0 aliphatic carbocycles. The quantitative estimate of drug-likeness (QED) is 0.663. The fourth-order valence-electron chi connectivity index (χ4n) is 1.74. The minimum absolute atomic E-state index is 0.716. The number of imidazole rings is 1. The lowest BCUT2D eigenvalue weighted by atomic mass is 10.1. The molecule has 0 N–H and O–H groups in total. The Kier molecular flexibility index (Phi) is 2.40. The molecule has 0 aromatic carbocycles. The Bertz CT molecular complexity index is 251. The normalized spacial score (nSPS) is 19.8. The molecule has 2 rings (SSSR count). The van der Waals surface area contributed by atoms with Crippen LogP contribution >= 0.6 is 11.8 Å². The Morgan fingerprint density at radius 1 is 1.50 bits per heavy atom. The fourth-order valence-corrected chi connectivity index (χ4v) is 2.82. The van der Waals surface area contributed by atoms with Crippen LogP contribution in [0.25, 0.3) is 0 Å². The highest BCUT2D eigenvalue weighted by Gasteiger charge is 2.15. The van der Waals surface area contributed by atoms with E-state index in [9.17, 15) is 0 Å². The van der Waals surface area contributed by atoms with Gasteiger partial charge >= 0.3 is 0 Å². The van der Waals surface area contributed by atoms with Gasteiger partial charge in [-0.25, -0.2) is 4.98 Å². The first kappa shape index (κ1) is 8.17. The molecule has 0 bridgehead atoms. The molecule has 0 saturated carbocycles. The minimum Gasteiger partial charge on any atom is -0.332 e. The fraction of sp³-hybridized carbons (Fsp3) is 0.667. The smallest absolute Gasteiger partial charge is 0.105 e. The van der Waals surface area contributed by atoms with Gasteiger partial charge in [0.2, 0.25) is 0 Å². The van der Waals surface area contributed by atoms with Crippen molar-refractivity contribution in [1.82, 2.24) is 9.55 Å². The molecule has 3 heteroatoms. The van der Waals surface area contributed by atoms with E-state index in [1.807, 2.05) is 6.20 Å². The first-order chi connectivity index (χ1) is 5.88. The molecule has 0 unspecified atom stereocenters. The van der Waals surface area contributed by atoms with E-state index in [2.05, 4.69) is 34.4 Å². The molecule has 2 nitrogen and oxygen atoms in total. The van der Waals surface area contributed by atoms with Crippen LogP contribution in [0.5, 0.6) is 0 Å². The molecule has 1 aliphatic rings. The topological polar surface area (TPSA) is 17.8 Å². The first-order valence-corrected chi connectivity index (χ1v) is 5.60. The van der Waals surface area contributed by atoms with Crippen LogP contribution in [0.3, 0.4) is 0 Å². The molecule has 0 atom stereocenters. The average molecular weight is 182 g/mol. The van der Waals surface area contributed by atoms with Gasteiger partial charge in [-0.2, -0.15) is 11.8 Å². The zero-order valence-electron chi connectivity index (χ0n) is 7.36. The van der Waals surface area contributed by atoms with Crippen LogP contribution < -0.4 is 0 Å². The second kappa shape index (κ2) is 3.52. The van der Waals surface area contributed by atoms with Crippen molar-refractivity contribution < 1.29 is 0 Å². The van der Waals surface area contributed by atoms with Crippen molar-refractivity contribution in [3.05, 3.63) is 18.2 Å². The molecule has 0 radical (unpaired) electrons. The Morgan fingerprint density at radius 2 is 2.25 bits per heavy atom. The van der Waals surface area contributed by atoms with E-state index < -0.39 is 0 Å². The summed E-state index contributed by atoms with van der Waals surface area (Å²) in [7, 11) is 0. The molecule has 1 aromatic heterocycles. The van der Waals surface area contributed by atoms with E-state index in [1.165, 1.54) is 24.3 Å². The lowest BCUT2D eigenvalue weighted by molar-refractivity contribution is 0.460. The summed E-state index contributed by atoms with van der Waals surface area (Å²) in [6.07, 6.45) is 6.62. The third-order valence-electron chi connectivity index (χ3n) is 2.45. The van der Waals surface area contributed by atoms with Crippen LogP contribution in [0.4, 0.5) is 0 Å². The summed E-state index contributed by atoms with van der Waals surface area (Å²) in [5.74, 6) is 3.77. The molecule has 0 amide bonds. The third-order valence-corrected chi connectivity index (χ3v) is 3.50. The van der Waals surface area contributed by atoms with E-state index >= 15 is 0 Å². The summed E-state index contributed by atoms with van der Waals surface area (Å²) in [4.78, 5) is 4.25. The maximum Gasteiger partial charge on any atom is 0.105 e. The van der Waals surface area contributed by atoms with Gasteiger partial charge in [-0.1, -0.05) is 0 Å². The zero-order valence-corrected chi connectivity index (χ0v) is 8.18. The standard InChI is InChI=1S/C9H14N2S/c1-8-10-4-5-11(8)9-2-6-12-7-3-9/h4-5,9H,2-3,6-7H2,1H3. The van der Waals surface area contributed by atoms with Gasteiger partial charge in [0.1, 0.15) is 5.82 Å². The predicted molar refractivity (Wildman–Crippen MR) is 52.6 cm³/mol. The van der Waals surface area contributed by atoms with Crippen LogP contribution in [0, 0.1) is 6.92 Å². The van der Waals surface area contributed by atoms with Crippen molar-refractivity contribution in [1.29, 1.82) is 0 Å². The molecule has 66 valence electrons. The largest absolute Gasteiger partial charge is 0.332 e. The molecular weight excluding hydrogens is 168 g/mol. The third kappa shape index (κ3) is 1.51. The number of rotatable bonds is 1. The Morgan fingerprint density at radius 3 is 2.83 bits per heavy atom. The lowest BCUT2D eigenvalue weighted by Gasteiger charge is -2.23. The molecule has 1 fully saturated rings. The number of nitrogens with zero attached hydrogens (tertiary/aromatic N) is 2. The van der Waals surface area contributed by atoms with Crippen LogP contribution in [-0.4, -0.2) is 21.1 Å². The number of thioether (sulfide) groups is 1. The maximum atomic E-state index is 4.25. The molecule has 0 spiro atoms. The second-order valence-electron chi connectivity index (χ2n) is 3.23. The number of hydrogen-bond acceptors (Lipinski definition) is 2. The van der Waals surface area contributed by atoms with Gasteiger partial charge in [-0.05, 0) is 31.3 Å². The van der Waals surface area contributed by atoms with Crippen LogP contribution in [0.1, 0.15) is 24.7 Å². The Hall–Kier alpha value is -0.440. The van der Waals surface area contributed by atoms with Crippen LogP contribution in [0.2, 0.25) is 0 Å². The van der Waals surface area contributed by atoms with Crippen molar-refractivity contribution in [2.24, 2.45) is 0 Å². The van der Waals surface area contributed by atoms with Crippen molar-refractivity contribution in [2.75, 3.05) is 11.5 Å². The molecule has 12 heavy (non-hydrogen) atoms.